The highest BCUT2D eigenvalue weighted by Crippen LogP contribution is 2.22. The Balaban J connectivity index is 2.31. The third-order valence-electron chi connectivity index (χ3n) is 3.24. The van der Waals surface area contributed by atoms with Gasteiger partial charge in [-0.2, -0.15) is 0 Å². The molecule has 0 radical (unpaired) electrons. The molecule has 0 aliphatic carbocycles. The first kappa shape index (κ1) is 17.8. The Bertz CT molecular complexity index is 455. The Morgan fingerprint density at radius 3 is 2.71 bits per heavy atom. The summed E-state index contributed by atoms with van der Waals surface area (Å²) < 4.78 is 0. The van der Waals surface area contributed by atoms with Gasteiger partial charge in [-0.05, 0) is 44.1 Å². The molecule has 0 unspecified atom stereocenters. The lowest BCUT2D eigenvalue weighted by molar-refractivity contribution is -0.116. The highest BCUT2D eigenvalue weighted by molar-refractivity contribution is 6.33. The van der Waals surface area contributed by atoms with E-state index in [4.69, 9.17) is 22.4 Å². The van der Waals surface area contributed by atoms with Gasteiger partial charge in [0, 0.05) is 25.3 Å². The zero-order chi connectivity index (χ0) is 15.7. The lowest BCUT2D eigenvalue weighted by atomic mass is 10.2. The molecule has 0 aromatic heterocycles. The molecule has 1 rings (SSSR count). The largest absolute Gasteiger partial charge is 0.397 e. The molecule has 0 spiro atoms. The Labute approximate surface area is 131 Å². The number of halogens is 1. The number of nitrogens with zero attached hydrogens (tertiary/aromatic N) is 1. The lowest BCUT2D eigenvalue weighted by Gasteiger charge is -2.19. The monoisotopic (exact) mass is 313 g/mol. The summed E-state index contributed by atoms with van der Waals surface area (Å²) in [5.74, 6) is -0.0325. The first-order valence-electron chi connectivity index (χ1n) is 7.25. The van der Waals surface area contributed by atoms with Crippen LogP contribution in [0.3, 0.4) is 0 Å². The van der Waals surface area contributed by atoms with Crippen LogP contribution in [0.1, 0.15) is 26.2 Å². The number of amides is 1. The third kappa shape index (κ3) is 6.80. The number of hydrogen-bond donors (Lipinski definition) is 3. The van der Waals surface area contributed by atoms with Crippen molar-refractivity contribution in [1.29, 1.82) is 0 Å². The third-order valence-corrected chi connectivity index (χ3v) is 3.58. The van der Waals surface area contributed by atoms with Gasteiger partial charge in [0.1, 0.15) is 0 Å². The Morgan fingerprint density at radius 1 is 1.38 bits per heavy atom. The summed E-state index contributed by atoms with van der Waals surface area (Å²) in [6.07, 6.45) is 2.01. The molecule has 21 heavy (non-hydrogen) atoms. The second-order valence-corrected chi connectivity index (χ2v) is 5.31. The maximum atomic E-state index is 11.8. The molecule has 0 aliphatic rings. The Morgan fingerprint density at radius 2 is 2.10 bits per heavy atom. The van der Waals surface area contributed by atoms with Gasteiger partial charge in [-0.3, -0.25) is 4.79 Å². The number of carbonyl (C=O) groups excluding carboxylic acids is 1. The number of nitrogens with one attached hydrogen (secondary N) is 1. The van der Waals surface area contributed by atoms with Crippen molar-refractivity contribution < 1.29 is 9.90 Å². The molecule has 1 aromatic rings. The molecule has 0 heterocycles. The number of benzene rings is 1. The molecule has 0 aliphatic heterocycles. The average Bonchev–Trinajstić information content (AvgIpc) is 2.46. The van der Waals surface area contributed by atoms with Crippen LogP contribution >= 0.6 is 11.6 Å². The number of nitrogen functional groups attached to an aromatic ring is 1. The normalized spacial score (nSPS) is 10.9. The zero-order valence-electron chi connectivity index (χ0n) is 12.4. The van der Waals surface area contributed by atoms with Crippen molar-refractivity contribution in [1.82, 2.24) is 4.90 Å². The minimum atomic E-state index is -0.0325. The van der Waals surface area contributed by atoms with Crippen LogP contribution in [0.5, 0.6) is 0 Å². The lowest BCUT2D eigenvalue weighted by Crippen LogP contribution is -2.27. The molecular weight excluding hydrogens is 290 g/mol. The molecule has 1 aromatic carbocycles. The standard InChI is InChI=1S/C15H24ClN3O2/c1-2-19(9-4-10-20)8-3-5-15(21)18-12-6-7-13(16)14(17)11-12/h6-7,11,20H,2-5,8-10,17H2,1H3,(H,18,21). The van der Waals surface area contributed by atoms with Crippen molar-refractivity contribution in [2.75, 3.05) is 37.3 Å². The highest BCUT2D eigenvalue weighted by atomic mass is 35.5. The fraction of sp³-hybridized carbons (Fsp3) is 0.533. The molecule has 0 fully saturated rings. The molecule has 0 saturated carbocycles. The van der Waals surface area contributed by atoms with Gasteiger partial charge in [-0.15, -0.1) is 0 Å². The number of aliphatic hydroxyl groups is 1. The van der Waals surface area contributed by atoms with Gasteiger partial charge in [-0.25, -0.2) is 0 Å². The smallest absolute Gasteiger partial charge is 0.224 e. The number of nitrogens with two attached hydrogens (primary N) is 1. The van der Waals surface area contributed by atoms with Crippen LogP contribution in [0, 0.1) is 0 Å². The van der Waals surface area contributed by atoms with E-state index in [1.54, 1.807) is 18.2 Å². The first-order valence-corrected chi connectivity index (χ1v) is 7.62. The van der Waals surface area contributed by atoms with Crippen molar-refractivity contribution >= 4 is 28.9 Å². The van der Waals surface area contributed by atoms with Crippen molar-refractivity contribution in [3.8, 4) is 0 Å². The summed E-state index contributed by atoms with van der Waals surface area (Å²) in [4.78, 5) is 14.1. The SMILES string of the molecule is CCN(CCCO)CCCC(=O)Nc1ccc(Cl)c(N)c1. The summed E-state index contributed by atoms with van der Waals surface area (Å²) >= 11 is 5.83. The molecule has 0 atom stereocenters. The topological polar surface area (TPSA) is 78.6 Å². The van der Waals surface area contributed by atoms with E-state index in [1.165, 1.54) is 0 Å². The van der Waals surface area contributed by atoms with Gasteiger partial charge in [0.05, 0.1) is 10.7 Å². The molecule has 1 amide bonds. The van der Waals surface area contributed by atoms with Crippen LogP contribution in [0.2, 0.25) is 5.02 Å². The van der Waals surface area contributed by atoms with Crippen LogP contribution in [0.25, 0.3) is 0 Å². The molecule has 5 nitrogen and oxygen atoms in total. The number of aliphatic hydroxyl groups excluding tert-OH is 1. The van der Waals surface area contributed by atoms with Crippen LogP contribution in [0.15, 0.2) is 18.2 Å². The predicted octanol–water partition coefficient (Wildman–Crippen LogP) is 2.35. The minimum absolute atomic E-state index is 0.0325. The van der Waals surface area contributed by atoms with E-state index in [0.29, 0.717) is 22.8 Å². The highest BCUT2D eigenvalue weighted by Gasteiger charge is 2.06. The molecule has 0 saturated heterocycles. The zero-order valence-corrected chi connectivity index (χ0v) is 13.2. The van der Waals surface area contributed by atoms with Crippen LogP contribution in [-0.2, 0) is 4.79 Å². The summed E-state index contributed by atoms with van der Waals surface area (Å²) in [5, 5.41) is 12.1. The molecule has 6 heteroatoms. The number of hydrogen-bond acceptors (Lipinski definition) is 4. The van der Waals surface area contributed by atoms with Gasteiger partial charge >= 0.3 is 0 Å². The molecule has 118 valence electrons. The Kier molecular flexibility index (Phi) is 8.12. The van der Waals surface area contributed by atoms with E-state index in [9.17, 15) is 4.79 Å². The summed E-state index contributed by atoms with van der Waals surface area (Å²) in [5.41, 5.74) is 6.81. The van der Waals surface area contributed by atoms with Crippen LogP contribution < -0.4 is 11.1 Å². The van der Waals surface area contributed by atoms with E-state index < -0.39 is 0 Å². The maximum absolute atomic E-state index is 11.8. The minimum Gasteiger partial charge on any atom is -0.397 e. The van der Waals surface area contributed by atoms with Crippen molar-refractivity contribution in [3.05, 3.63) is 23.2 Å². The van der Waals surface area contributed by atoms with Crippen molar-refractivity contribution in [2.45, 2.75) is 26.2 Å². The fourth-order valence-electron chi connectivity index (χ4n) is 2.03. The van der Waals surface area contributed by atoms with Crippen molar-refractivity contribution in [2.24, 2.45) is 0 Å². The van der Waals surface area contributed by atoms with Gasteiger partial charge in [-0.1, -0.05) is 18.5 Å². The van der Waals surface area contributed by atoms with Gasteiger partial charge < -0.3 is 21.1 Å². The average molecular weight is 314 g/mol. The molecular formula is C15H24ClN3O2. The van der Waals surface area contributed by atoms with Crippen LogP contribution in [0.4, 0.5) is 11.4 Å². The van der Waals surface area contributed by atoms with E-state index in [1.807, 2.05) is 0 Å². The predicted molar refractivity (Wildman–Crippen MR) is 87.5 cm³/mol. The fourth-order valence-corrected chi connectivity index (χ4v) is 2.15. The number of rotatable bonds is 9. The van der Waals surface area contributed by atoms with E-state index in [2.05, 4.69) is 17.1 Å². The van der Waals surface area contributed by atoms with Gasteiger partial charge in [0.15, 0.2) is 0 Å². The summed E-state index contributed by atoms with van der Waals surface area (Å²) in [6, 6.07) is 5.05. The van der Waals surface area contributed by atoms with Gasteiger partial charge in [0.25, 0.3) is 0 Å². The molecule has 0 bridgehead atoms. The van der Waals surface area contributed by atoms with E-state index >= 15 is 0 Å². The van der Waals surface area contributed by atoms with E-state index in [-0.39, 0.29) is 12.5 Å². The second-order valence-electron chi connectivity index (χ2n) is 4.90. The summed E-state index contributed by atoms with van der Waals surface area (Å²) in [7, 11) is 0. The molecule has 4 N–H and O–H groups in total. The van der Waals surface area contributed by atoms with E-state index in [0.717, 1.165) is 32.5 Å². The van der Waals surface area contributed by atoms with Crippen molar-refractivity contribution in [3.63, 3.8) is 0 Å². The van der Waals surface area contributed by atoms with Crippen LogP contribution in [-0.4, -0.2) is 42.2 Å². The quantitative estimate of drug-likeness (QED) is 0.611. The Hall–Kier alpha value is -1.30. The number of carbonyl (C=O) groups is 1. The van der Waals surface area contributed by atoms with Gasteiger partial charge in [0.2, 0.25) is 5.91 Å². The number of anilines is 2. The summed E-state index contributed by atoms with van der Waals surface area (Å²) in [6.45, 7) is 4.92. The second kappa shape index (κ2) is 9.60. The maximum Gasteiger partial charge on any atom is 0.224 e. The first-order chi connectivity index (χ1) is 10.1.